The van der Waals surface area contributed by atoms with E-state index in [1.165, 1.54) is 11.8 Å². The number of hydrogen-bond acceptors (Lipinski definition) is 3. The van der Waals surface area contributed by atoms with Crippen LogP contribution in [0.5, 0.6) is 0 Å². The predicted octanol–water partition coefficient (Wildman–Crippen LogP) is 3.52. The van der Waals surface area contributed by atoms with E-state index >= 15 is 0 Å². The summed E-state index contributed by atoms with van der Waals surface area (Å²) in [7, 11) is 0. The molecule has 1 atom stereocenters. The molecular weight excluding hydrogens is 302 g/mol. The number of carboxylic acids is 1. The number of halogens is 1. The Kier molecular flexibility index (Phi) is 5.03. The molecule has 0 fully saturated rings. The van der Waals surface area contributed by atoms with Crippen LogP contribution in [0.4, 0.5) is 0 Å². The first-order valence-electron chi connectivity index (χ1n) is 5.04. The summed E-state index contributed by atoms with van der Waals surface area (Å²) in [4.78, 5) is 11.9. The molecule has 1 unspecified atom stereocenters. The molecule has 0 saturated carbocycles. The highest BCUT2D eigenvalue weighted by atomic mass is 79.9. The molecule has 0 bridgehead atoms. The van der Waals surface area contributed by atoms with Gasteiger partial charge < -0.3 is 5.11 Å². The number of carboxylic acid groups (broad SMARTS) is 1. The number of nitriles is 1. The van der Waals surface area contributed by atoms with Gasteiger partial charge in [-0.25, -0.2) is 0 Å². The second-order valence-corrected chi connectivity index (χ2v) is 5.92. The van der Waals surface area contributed by atoms with E-state index < -0.39 is 11.2 Å². The average Bonchev–Trinajstić information content (AvgIpc) is 2.26. The van der Waals surface area contributed by atoms with Crippen molar-refractivity contribution in [1.82, 2.24) is 0 Å². The monoisotopic (exact) mass is 313 g/mol. The quantitative estimate of drug-likeness (QED) is 0.864. The summed E-state index contributed by atoms with van der Waals surface area (Å²) in [5.41, 5.74) is 0.553. The molecule has 1 aromatic carbocycles. The fourth-order valence-corrected chi connectivity index (χ4v) is 2.90. The van der Waals surface area contributed by atoms with Crippen molar-refractivity contribution < 1.29 is 9.90 Å². The van der Waals surface area contributed by atoms with Crippen LogP contribution in [0, 0.1) is 17.2 Å². The van der Waals surface area contributed by atoms with Crippen molar-refractivity contribution in [3.63, 3.8) is 0 Å². The lowest BCUT2D eigenvalue weighted by atomic mass is 10.1. The van der Waals surface area contributed by atoms with Gasteiger partial charge in [-0.2, -0.15) is 5.26 Å². The maximum atomic E-state index is 11.1. The fourth-order valence-electron chi connectivity index (χ4n) is 1.27. The van der Waals surface area contributed by atoms with Crippen LogP contribution in [-0.4, -0.2) is 16.3 Å². The highest BCUT2D eigenvalue weighted by Gasteiger charge is 2.23. The number of aliphatic carboxylic acids is 1. The minimum atomic E-state index is -0.818. The molecule has 0 saturated heterocycles. The van der Waals surface area contributed by atoms with Crippen LogP contribution in [0.15, 0.2) is 27.6 Å². The van der Waals surface area contributed by atoms with Crippen molar-refractivity contribution in [3.05, 3.63) is 28.2 Å². The van der Waals surface area contributed by atoms with E-state index in [0.717, 1.165) is 9.37 Å². The first-order chi connectivity index (χ1) is 7.95. The van der Waals surface area contributed by atoms with E-state index in [1.54, 1.807) is 18.2 Å². The van der Waals surface area contributed by atoms with Crippen LogP contribution in [0.3, 0.4) is 0 Å². The maximum Gasteiger partial charge on any atom is 0.317 e. The van der Waals surface area contributed by atoms with Crippen molar-refractivity contribution in [3.8, 4) is 6.07 Å². The van der Waals surface area contributed by atoms with Gasteiger partial charge >= 0.3 is 5.97 Å². The molecule has 0 aliphatic rings. The van der Waals surface area contributed by atoms with E-state index in [4.69, 9.17) is 10.4 Å². The van der Waals surface area contributed by atoms with Crippen LogP contribution in [0.1, 0.15) is 19.4 Å². The number of hydrogen-bond donors (Lipinski definition) is 1. The second-order valence-electron chi connectivity index (χ2n) is 3.88. The molecule has 90 valence electrons. The Bertz CT molecular complexity index is 468. The van der Waals surface area contributed by atoms with Gasteiger partial charge in [-0.1, -0.05) is 13.8 Å². The minimum absolute atomic E-state index is 0.0417. The van der Waals surface area contributed by atoms with Crippen LogP contribution in [0.2, 0.25) is 0 Å². The molecule has 1 rings (SSSR count). The summed E-state index contributed by atoms with van der Waals surface area (Å²) >= 11 is 4.64. The van der Waals surface area contributed by atoms with Gasteiger partial charge in [0, 0.05) is 9.37 Å². The van der Waals surface area contributed by atoms with Crippen molar-refractivity contribution in [2.24, 2.45) is 5.92 Å². The van der Waals surface area contributed by atoms with Crippen molar-refractivity contribution in [2.75, 3.05) is 0 Å². The molecule has 1 aromatic rings. The Morgan fingerprint density at radius 2 is 2.18 bits per heavy atom. The first-order valence-corrected chi connectivity index (χ1v) is 6.72. The molecule has 0 spiro atoms. The zero-order valence-electron chi connectivity index (χ0n) is 9.48. The SMILES string of the molecule is CC(C)C(Sc1ccc(C#N)cc1Br)C(=O)O. The Morgan fingerprint density at radius 1 is 1.53 bits per heavy atom. The third kappa shape index (κ3) is 3.76. The summed E-state index contributed by atoms with van der Waals surface area (Å²) in [6.07, 6.45) is 0. The van der Waals surface area contributed by atoms with Gasteiger partial charge in [0.25, 0.3) is 0 Å². The zero-order valence-corrected chi connectivity index (χ0v) is 11.9. The summed E-state index contributed by atoms with van der Waals surface area (Å²) in [6.45, 7) is 3.76. The molecule has 0 aliphatic carbocycles. The fraction of sp³-hybridized carbons (Fsp3) is 0.333. The molecule has 17 heavy (non-hydrogen) atoms. The standard InChI is InChI=1S/C12H12BrNO2S/c1-7(2)11(12(15)16)17-10-4-3-8(6-14)5-9(10)13/h3-5,7,11H,1-2H3,(H,15,16). The lowest BCUT2D eigenvalue weighted by Crippen LogP contribution is -2.22. The number of rotatable bonds is 4. The van der Waals surface area contributed by atoms with Gasteiger partial charge in [0.1, 0.15) is 5.25 Å². The summed E-state index contributed by atoms with van der Waals surface area (Å²) < 4.78 is 0.758. The van der Waals surface area contributed by atoms with Gasteiger partial charge in [-0.05, 0) is 40.0 Å². The van der Waals surface area contributed by atoms with E-state index in [1.807, 2.05) is 19.9 Å². The number of benzene rings is 1. The third-order valence-corrected chi connectivity index (χ3v) is 4.69. The Hall–Kier alpha value is -0.990. The third-order valence-electron chi connectivity index (χ3n) is 2.16. The average molecular weight is 314 g/mol. The molecule has 0 amide bonds. The highest BCUT2D eigenvalue weighted by molar-refractivity contribution is 9.10. The Morgan fingerprint density at radius 3 is 2.59 bits per heavy atom. The van der Waals surface area contributed by atoms with E-state index in [9.17, 15) is 4.79 Å². The summed E-state index contributed by atoms with van der Waals surface area (Å²) in [6, 6.07) is 7.19. The number of nitrogens with zero attached hydrogens (tertiary/aromatic N) is 1. The number of carbonyl (C=O) groups is 1. The van der Waals surface area contributed by atoms with E-state index in [2.05, 4.69) is 15.9 Å². The summed E-state index contributed by atoms with van der Waals surface area (Å²) in [5, 5.41) is 17.4. The molecule has 0 heterocycles. The van der Waals surface area contributed by atoms with Gasteiger partial charge in [0.05, 0.1) is 11.6 Å². The maximum absolute atomic E-state index is 11.1. The summed E-state index contributed by atoms with van der Waals surface area (Å²) in [5.74, 6) is -0.777. The molecule has 0 radical (unpaired) electrons. The van der Waals surface area contributed by atoms with Crippen molar-refractivity contribution >= 4 is 33.7 Å². The van der Waals surface area contributed by atoms with Crippen LogP contribution in [-0.2, 0) is 4.79 Å². The Balaban J connectivity index is 2.95. The topological polar surface area (TPSA) is 61.1 Å². The lowest BCUT2D eigenvalue weighted by Gasteiger charge is -2.16. The molecule has 0 aromatic heterocycles. The molecule has 1 N–H and O–H groups in total. The van der Waals surface area contributed by atoms with E-state index in [-0.39, 0.29) is 5.92 Å². The van der Waals surface area contributed by atoms with Crippen LogP contribution >= 0.6 is 27.7 Å². The van der Waals surface area contributed by atoms with Gasteiger partial charge in [0.15, 0.2) is 0 Å². The van der Waals surface area contributed by atoms with Crippen molar-refractivity contribution in [1.29, 1.82) is 5.26 Å². The van der Waals surface area contributed by atoms with Gasteiger partial charge in [-0.15, -0.1) is 11.8 Å². The zero-order chi connectivity index (χ0) is 13.0. The molecule has 5 heteroatoms. The smallest absolute Gasteiger partial charge is 0.317 e. The van der Waals surface area contributed by atoms with Gasteiger partial charge in [0.2, 0.25) is 0 Å². The van der Waals surface area contributed by atoms with Gasteiger partial charge in [-0.3, -0.25) is 4.79 Å². The van der Waals surface area contributed by atoms with E-state index in [0.29, 0.717) is 5.56 Å². The molecule has 0 aliphatic heterocycles. The normalized spacial score (nSPS) is 12.2. The van der Waals surface area contributed by atoms with Crippen LogP contribution in [0.25, 0.3) is 0 Å². The number of thioether (sulfide) groups is 1. The largest absolute Gasteiger partial charge is 0.480 e. The molecular formula is C12H12BrNO2S. The lowest BCUT2D eigenvalue weighted by molar-refractivity contribution is -0.137. The Labute approximate surface area is 113 Å². The first kappa shape index (κ1) is 14.1. The predicted molar refractivity (Wildman–Crippen MR) is 71.0 cm³/mol. The van der Waals surface area contributed by atoms with Crippen molar-refractivity contribution in [2.45, 2.75) is 24.0 Å². The highest BCUT2D eigenvalue weighted by Crippen LogP contribution is 2.34. The van der Waals surface area contributed by atoms with Crippen LogP contribution < -0.4 is 0 Å². The minimum Gasteiger partial charge on any atom is -0.480 e. The molecule has 3 nitrogen and oxygen atoms in total. The second kappa shape index (κ2) is 6.08.